The van der Waals surface area contributed by atoms with Crippen LogP contribution in [0.4, 0.5) is 0 Å². The Morgan fingerprint density at radius 2 is 2.06 bits per heavy atom. The molecule has 0 bridgehead atoms. The zero-order chi connectivity index (χ0) is 11.8. The normalized spacial score (nSPS) is 23.6. The highest BCUT2D eigenvalue weighted by molar-refractivity contribution is 5.81. The molecule has 1 rings (SSSR count). The Balaban J connectivity index is 1.98. The Bertz CT molecular complexity index is 233. The fraction of sp³-hybridized carbons (Fsp3) is 0.786. The fourth-order valence-electron chi connectivity index (χ4n) is 2.12. The van der Waals surface area contributed by atoms with Crippen molar-refractivity contribution in [3.05, 3.63) is 12.2 Å². The summed E-state index contributed by atoms with van der Waals surface area (Å²) in [7, 11) is 1.42. The lowest BCUT2D eigenvalue weighted by Crippen LogP contribution is -1.94. The summed E-state index contributed by atoms with van der Waals surface area (Å²) in [4.78, 5) is 10.9. The predicted octanol–water partition coefficient (Wildman–Crippen LogP) is 3.71. The summed E-state index contributed by atoms with van der Waals surface area (Å²) in [5.74, 6) is 1.25. The molecule has 0 aromatic heterocycles. The van der Waals surface area contributed by atoms with Crippen LogP contribution < -0.4 is 0 Å². The summed E-state index contributed by atoms with van der Waals surface area (Å²) in [6.45, 7) is 2.24. The third kappa shape index (κ3) is 5.34. The molecule has 2 nitrogen and oxygen atoms in total. The Morgan fingerprint density at radius 1 is 1.31 bits per heavy atom. The molecule has 1 saturated carbocycles. The summed E-state index contributed by atoms with van der Waals surface area (Å²) < 4.78 is 4.56. The van der Waals surface area contributed by atoms with Gasteiger partial charge in [0.25, 0.3) is 0 Å². The molecule has 0 unspecified atom stereocenters. The van der Waals surface area contributed by atoms with Gasteiger partial charge < -0.3 is 4.74 Å². The van der Waals surface area contributed by atoms with Crippen molar-refractivity contribution in [3.63, 3.8) is 0 Å². The molecule has 0 radical (unpaired) electrons. The summed E-state index contributed by atoms with van der Waals surface area (Å²) in [5, 5.41) is 0. The van der Waals surface area contributed by atoms with E-state index in [4.69, 9.17) is 0 Å². The highest BCUT2D eigenvalue weighted by Crippen LogP contribution is 2.43. The van der Waals surface area contributed by atoms with Crippen LogP contribution in [-0.4, -0.2) is 13.1 Å². The molecular formula is C14H24O2. The van der Waals surface area contributed by atoms with Gasteiger partial charge in [0, 0.05) is 6.08 Å². The molecule has 0 spiro atoms. The van der Waals surface area contributed by atoms with E-state index in [9.17, 15) is 4.79 Å². The lowest BCUT2D eigenvalue weighted by Gasteiger charge is -1.98. The molecular weight excluding hydrogens is 200 g/mol. The van der Waals surface area contributed by atoms with Gasteiger partial charge in [0.1, 0.15) is 0 Å². The monoisotopic (exact) mass is 224 g/mol. The van der Waals surface area contributed by atoms with Gasteiger partial charge in [0.15, 0.2) is 0 Å². The summed E-state index contributed by atoms with van der Waals surface area (Å²) >= 11 is 0. The fourth-order valence-corrected chi connectivity index (χ4v) is 2.12. The van der Waals surface area contributed by atoms with E-state index in [1.54, 1.807) is 6.08 Å². The van der Waals surface area contributed by atoms with E-state index in [2.05, 4.69) is 11.7 Å². The third-order valence-corrected chi connectivity index (χ3v) is 3.34. The number of ether oxygens (including phenoxy) is 1. The van der Waals surface area contributed by atoms with Crippen molar-refractivity contribution in [2.24, 2.45) is 11.8 Å². The van der Waals surface area contributed by atoms with Gasteiger partial charge in [-0.1, -0.05) is 45.1 Å². The van der Waals surface area contributed by atoms with Crippen LogP contribution in [0, 0.1) is 11.8 Å². The minimum Gasteiger partial charge on any atom is -0.466 e. The molecule has 0 saturated heterocycles. The molecule has 92 valence electrons. The summed E-state index contributed by atoms with van der Waals surface area (Å²) in [6, 6.07) is 0. The van der Waals surface area contributed by atoms with E-state index in [0.717, 1.165) is 5.92 Å². The number of carbonyl (C=O) groups is 1. The zero-order valence-corrected chi connectivity index (χ0v) is 10.6. The molecule has 16 heavy (non-hydrogen) atoms. The van der Waals surface area contributed by atoms with Crippen LogP contribution >= 0.6 is 0 Å². The number of hydrogen-bond donors (Lipinski definition) is 0. The molecule has 1 aliphatic rings. The van der Waals surface area contributed by atoms with E-state index >= 15 is 0 Å². The van der Waals surface area contributed by atoms with Crippen molar-refractivity contribution in [1.29, 1.82) is 0 Å². The maximum Gasteiger partial charge on any atom is 0.330 e. The number of unbranched alkanes of at least 4 members (excludes halogenated alkanes) is 4. The second-order valence-electron chi connectivity index (χ2n) is 4.74. The first-order valence-corrected chi connectivity index (χ1v) is 6.54. The van der Waals surface area contributed by atoms with Crippen LogP contribution in [0.3, 0.4) is 0 Å². The topological polar surface area (TPSA) is 26.3 Å². The third-order valence-electron chi connectivity index (χ3n) is 3.34. The zero-order valence-electron chi connectivity index (χ0n) is 10.6. The second-order valence-corrected chi connectivity index (χ2v) is 4.74. The van der Waals surface area contributed by atoms with Crippen LogP contribution in [0.25, 0.3) is 0 Å². The highest BCUT2D eigenvalue weighted by atomic mass is 16.5. The first-order chi connectivity index (χ1) is 7.77. The molecule has 0 N–H and O–H groups in total. The number of rotatable bonds is 8. The van der Waals surface area contributed by atoms with Crippen LogP contribution in [0.1, 0.15) is 51.9 Å². The van der Waals surface area contributed by atoms with Crippen molar-refractivity contribution in [2.75, 3.05) is 7.11 Å². The first-order valence-electron chi connectivity index (χ1n) is 6.54. The number of hydrogen-bond acceptors (Lipinski definition) is 2. The van der Waals surface area contributed by atoms with Gasteiger partial charge in [0.05, 0.1) is 7.11 Å². The molecule has 0 aliphatic heterocycles. The lowest BCUT2D eigenvalue weighted by atomic mass is 10.1. The average molecular weight is 224 g/mol. The average Bonchev–Trinajstić information content (AvgIpc) is 3.04. The van der Waals surface area contributed by atoms with Crippen LogP contribution in [-0.2, 0) is 9.53 Å². The van der Waals surface area contributed by atoms with E-state index in [1.807, 2.05) is 6.08 Å². The van der Waals surface area contributed by atoms with Crippen molar-refractivity contribution < 1.29 is 9.53 Å². The Hall–Kier alpha value is -0.790. The maximum absolute atomic E-state index is 10.9. The summed E-state index contributed by atoms with van der Waals surface area (Å²) in [6.07, 6.45) is 13.0. The minimum atomic E-state index is -0.228. The number of methoxy groups -OCH3 is 1. The van der Waals surface area contributed by atoms with Crippen molar-refractivity contribution in [2.45, 2.75) is 51.9 Å². The molecule has 0 heterocycles. The van der Waals surface area contributed by atoms with Gasteiger partial charge in [0.2, 0.25) is 0 Å². The Labute approximate surface area is 99.1 Å². The first kappa shape index (κ1) is 13.3. The smallest absolute Gasteiger partial charge is 0.330 e. The van der Waals surface area contributed by atoms with Gasteiger partial charge in [-0.25, -0.2) is 4.79 Å². The molecule has 2 atom stereocenters. The van der Waals surface area contributed by atoms with Crippen LogP contribution in [0.5, 0.6) is 0 Å². The molecule has 0 aromatic carbocycles. The second kappa shape index (κ2) is 7.48. The van der Waals surface area contributed by atoms with E-state index in [-0.39, 0.29) is 5.97 Å². The minimum absolute atomic E-state index is 0.228. The Morgan fingerprint density at radius 3 is 2.75 bits per heavy atom. The van der Waals surface area contributed by atoms with E-state index in [1.165, 1.54) is 52.1 Å². The number of esters is 1. The van der Waals surface area contributed by atoms with Crippen molar-refractivity contribution in [1.82, 2.24) is 0 Å². The maximum atomic E-state index is 10.9. The quantitative estimate of drug-likeness (QED) is 0.357. The highest BCUT2D eigenvalue weighted by Gasteiger charge is 2.33. The summed E-state index contributed by atoms with van der Waals surface area (Å²) in [5.41, 5.74) is 0. The van der Waals surface area contributed by atoms with Gasteiger partial charge >= 0.3 is 5.97 Å². The predicted molar refractivity (Wildman–Crippen MR) is 66.1 cm³/mol. The van der Waals surface area contributed by atoms with Crippen LogP contribution in [0.15, 0.2) is 12.2 Å². The standard InChI is InChI=1S/C14H24O2/c1-3-4-5-6-7-8-12-11-13(12)9-10-14(15)16-2/h9-10,12-13H,3-8,11H2,1-2H3/b10-9-/t12-,13-/m1/s1. The molecule has 1 aliphatic carbocycles. The van der Waals surface area contributed by atoms with E-state index < -0.39 is 0 Å². The number of carbonyl (C=O) groups excluding carboxylic acids is 1. The van der Waals surface area contributed by atoms with E-state index in [0.29, 0.717) is 5.92 Å². The van der Waals surface area contributed by atoms with Gasteiger partial charge in [-0.15, -0.1) is 0 Å². The number of allylic oxidation sites excluding steroid dienone is 1. The SMILES string of the molecule is CCCCCCC[C@@H]1C[C@H]1/C=C\C(=O)OC. The molecule has 0 aromatic rings. The van der Waals surface area contributed by atoms with Crippen LogP contribution in [0.2, 0.25) is 0 Å². The Kier molecular flexibility index (Phi) is 6.20. The molecule has 2 heteroatoms. The molecule has 1 fully saturated rings. The lowest BCUT2D eigenvalue weighted by molar-refractivity contribution is -0.134. The molecule has 0 amide bonds. The van der Waals surface area contributed by atoms with Crippen molar-refractivity contribution in [3.8, 4) is 0 Å². The van der Waals surface area contributed by atoms with Gasteiger partial charge in [-0.05, 0) is 24.7 Å². The van der Waals surface area contributed by atoms with Crippen molar-refractivity contribution >= 4 is 5.97 Å². The largest absolute Gasteiger partial charge is 0.466 e. The van der Waals surface area contributed by atoms with Gasteiger partial charge in [-0.3, -0.25) is 0 Å². The van der Waals surface area contributed by atoms with Gasteiger partial charge in [-0.2, -0.15) is 0 Å².